The van der Waals surface area contributed by atoms with Crippen molar-refractivity contribution in [2.45, 2.75) is 40.0 Å². The van der Waals surface area contributed by atoms with Gasteiger partial charge < -0.3 is 25.6 Å². The van der Waals surface area contributed by atoms with Crippen molar-refractivity contribution >= 4 is 27.5 Å². The molecule has 0 aliphatic carbocycles. The molecule has 1 heterocycles. The molecule has 3 aromatic rings. The molecule has 0 saturated carbocycles. The lowest BCUT2D eigenvalue weighted by molar-refractivity contribution is -0.118. The molecule has 1 amide bonds. The number of phenolic OH excluding ortho intramolecular Hbond substituents is 1. The minimum atomic E-state index is -0.348. The van der Waals surface area contributed by atoms with Crippen molar-refractivity contribution in [1.82, 2.24) is 14.8 Å². The highest BCUT2D eigenvalue weighted by molar-refractivity contribution is 7.16. The predicted molar refractivity (Wildman–Crippen MR) is 144 cm³/mol. The molecular formula is C27H37FN4O3S. The molecule has 0 aliphatic rings. The second kappa shape index (κ2) is 12.5. The van der Waals surface area contributed by atoms with Crippen molar-refractivity contribution in [2.24, 2.45) is 11.1 Å². The number of hydrogen-bond donors (Lipinski definition) is 3. The minimum absolute atomic E-state index is 0.0778. The quantitative estimate of drug-likeness (QED) is 0.321. The highest BCUT2D eigenvalue weighted by Crippen LogP contribution is 2.28. The molecule has 0 aliphatic heterocycles. The third-order valence-corrected chi connectivity index (χ3v) is 7.05. The number of H-pyrrole nitrogens is 1. The van der Waals surface area contributed by atoms with Gasteiger partial charge in [-0.15, -0.1) is 0 Å². The summed E-state index contributed by atoms with van der Waals surface area (Å²) in [6.45, 7) is 10.9. The van der Waals surface area contributed by atoms with Gasteiger partial charge in [0.1, 0.15) is 17.1 Å². The van der Waals surface area contributed by atoms with E-state index in [2.05, 4.69) is 35.6 Å². The van der Waals surface area contributed by atoms with Crippen LogP contribution in [0.1, 0.15) is 38.3 Å². The Morgan fingerprint density at radius 1 is 1.00 bits per heavy atom. The summed E-state index contributed by atoms with van der Waals surface area (Å²) in [6.07, 6.45) is 1.55. The van der Waals surface area contributed by atoms with Crippen molar-refractivity contribution < 1.29 is 14.3 Å². The number of aromatic amines is 1. The number of amides is 1. The van der Waals surface area contributed by atoms with E-state index in [0.717, 1.165) is 54.2 Å². The number of carbonyl (C=O) groups excluding carboxylic acids is 1. The Hall–Kier alpha value is -2.75. The number of aromatic nitrogens is 1. The number of thiazole rings is 1. The molecule has 0 bridgehead atoms. The molecule has 1 aromatic heterocycles. The summed E-state index contributed by atoms with van der Waals surface area (Å²) < 4.78 is 14.9. The molecule has 0 saturated heterocycles. The van der Waals surface area contributed by atoms with Crippen molar-refractivity contribution in [3.05, 3.63) is 63.0 Å². The van der Waals surface area contributed by atoms with Gasteiger partial charge in [0.25, 0.3) is 0 Å². The maximum atomic E-state index is 14.1. The molecule has 0 radical (unpaired) electrons. The first-order valence-electron chi connectivity index (χ1n) is 12.3. The van der Waals surface area contributed by atoms with Gasteiger partial charge in [0.05, 0.1) is 4.70 Å². The molecule has 0 spiro atoms. The number of nitrogens with zero attached hydrogens (tertiary/aromatic N) is 2. The number of carbonyl (C=O) groups is 1. The number of rotatable bonds is 13. The number of primary amides is 1. The van der Waals surface area contributed by atoms with E-state index in [9.17, 15) is 19.1 Å². The van der Waals surface area contributed by atoms with E-state index < -0.39 is 0 Å². The fourth-order valence-electron chi connectivity index (χ4n) is 4.36. The molecule has 36 heavy (non-hydrogen) atoms. The monoisotopic (exact) mass is 516 g/mol. The molecular weight excluding hydrogens is 479 g/mol. The third kappa shape index (κ3) is 8.43. The smallest absolute Gasteiger partial charge is 0.305 e. The summed E-state index contributed by atoms with van der Waals surface area (Å²) >= 11 is 1.12. The highest BCUT2D eigenvalue weighted by Gasteiger charge is 2.19. The molecule has 0 fully saturated rings. The average Bonchev–Trinajstić information content (AvgIpc) is 3.20. The Balaban J connectivity index is 1.68. The average molecular weight is 517 g/mol. The van der Waals surface area contributed by atoms with Crippen molar-refractivity contribution in [2.75, 3.05) is 39.3 Å². The second-order valence-electron chi connectivity index (χ2n) is 10.4. The lowest BCUT2D eigenvalue weighted by atomic mass is 9.95. The first-order valence-corrected chi connectivity index (χ1v) is 13.1. The van der Waals surface area contributed by atoms with Crippen LogP contribution in [0.15, 0.2) is 41.2 Å². The van der Waals surface area contributed by atoms with Gasteiger partial charge in [-0.3, -0.25) is 9.59 Å². The normalized spacial score (nSPS) is 12.2. The zero-order valence-corrected chi connectivity index (χ0v) is 22.2. The van der Waals surface area contributed by atoms with Gasteiger partial charge in [-0.05, 0) is 41.5 Å². The van der Waals surface area contributed by atoms with Crippen LogP contribution in [0, 0.1) is 11.2 Å². The van der Waals surface area contributed by atoms with Crippen LogP contribution in [0.25, 0.3) is 10.2 Å². The fourth-order valence-corrected chi connectivity index (χ4v) is 5.25. The molecule has 7 nitrogen and oxygen atoms in total. The fraction of sp³-hybridized carbons (Fsp3) is 0.481. The zero-order valence-electron chi connectivity index (χ0n) is 21.3. The first-order chi connectivity index (χ1) is 17.0. The van der Waals surface area contributed by atoms with Gasteiger partial charge >= 0.3 is 4.87 Å². The van der Waals surface area contributed by atoms with Crippen LogP contribution in [0.4, 0.5) is 4.39 Å². The lowest BCUT2D eigenvalue weighted by Gasteiger charge is -2.32. The van der Waals surface area contributed by atoms with Crippen LogP contribution in [-0.2, 0) is 17.6 Å². The van der Waals surface area contributed by atoms with E-state index in [1.54, 1.807) is 18.2 Å². The summed E-state index contributed by atoms with van der Waals surface area (Å²) in [5.74, 6) is -0.480. The summed E-state index contributed by atoms with van der Waals surface area (Å²) in [6, 6.07) is 10.3. The number of benzene rings is 2. The maximum Gasteiger partial charge on any atom is 0.305 e. The standard InChI is InChI=1S/C27H37FN4O3S/c1-27(2,3)18-32(14-11-20-8-9-22(33)24-25(20)36-26(35)30-24)17-16-31(15-12-23(29)34)13-10-19-6-4-5-7-21(19)28/h4-9,33H,10-18H2,1-3H3,(H2,29,34)(H,30,35). The summed E-state index contributed by atoms with van der Waals surface area (Å²) in [5.41, 5.74) is 7.66. The number of fused-ring (bicyclic) bond motifs is 1. The Morgan fingerprint density at radius 3 is 2.36 bits per heavy atom. The van der Waals surface area contributed by atoms with E-state index in [1.807, 2.05) is 12.1 Å². The van der Waals surface area contributed by atoms with E-state index in [-0.39, 0.29) is 34.2 Å². The number of hydrogen-bond acceptors (Lipinski definition) is 6. The second-order valence-corrected chi connectivity index (χ2v) is 11.4. The Morgan fingerprint density at radius 2 is 1.67 bits per heavy atom. The van der Waals surface area contributed by atoms with Crippen molar-refractivity contribution in [3.63, 3.8) is 0 Å². The predicted octanol–water partition coefficient (Wildman–Crippen LogP) is 3.75. The highest BCUT2D eigenvalue weighted by atomic mass is 32.1. The van der Waals surface area contributed by atoms with Crippen LogP contribution in [0.2, 0.25) is 0 Å². The maximum absolute atomic E-state index is 14.1. The SMILES string of the molecule is CC(C)(C)CN(CCc1ccc(O)c2[nH]c(=O)sc12)CCN(CCC(N)=O)CCc1ccccc1F. The van der Waals surface area contributed by atoms with Gasteiger partial charge in [-0.1, -0.05) is 56.4 Å². The van der Waals surface area contributed by atoms with Crippen LogP contribution in [0.3, 0.4) is 0 Å². The number of nitrogens with two attached hydrogens (primary N) is 1. The first kappa shape index (κ1) is 27.8. The largest absolute Gasteiger partial charge is 0.506 e. The summed E-state index contributed by atoms with van der Waals surface area (Å²) in [5, 5.41) is 10.1. The van der Waals surface area contributed by atoms with E-state index >= 15 is 0 Å². The molecule has 196 valence electrons. The number of nitrogens with one attached hydrogen (secondary N) is 1. The van der Waals surface area contributed by atoms with Gasteiger partial charge in [0, 0.05) is 45.7 Å². The van der Waals surface area contributed by atoms with Crippen LogP contribution < -0.4 is 10.6 Å². The van der Waals surface area contributed by atoms with Gasteiger partial charge in [0.15, 0.2) is 0 Å². The van der Waals surface area contributed by atoms with E-state index in [4.69, 9.17) is 5.73 Å². The van der Waals surface area contributed by atoms with Crippen LogP contribution in [0.5, 0.6) is 5.75 Å². The van der Waals surface area contributed by atoms with Crippen LogP contribution >= 0.6 is 11.3 Å². The molecule has 0 unspecified atom stereocenters. The van der Waals surface area contributed by atoms with Crippen molar-refractivity contribution in [3.8, 4) is 5.75 Å². The summed E-state index contributed by atoms with van der Waals surface area (Å²) in [7, 11) is 0. The van der Waals surface area contributed by atoms with Gasteiger partial charge in [0.2, 0.25) is 5.91 Å². The summed E-state index contributed by atoms with van der Waals surface area (Å²) in [4.78, 5) is 30.4. The van der Waals surface area contributed by atoms with Gasteiger partial charge in [-0.2, -0.15) is 0 Å². The number of aromatic hydroxyl groups is 1. The molecule has 3 rings (SSSR count). The number of phenols is 1. The van der Waals surface area contributed by atoms with Gasteiger partial charge in [-0.25, -0.2) is 4.39 Å². The molecule has 9 heteroatoms. The molecule has 2 aromatic carbocycles. The Bertz CT molecular complexity index is 1220. The van der Waals surface area contributed by atoms with E-state index in [0.29, 0.717) is 30.6 Å². The molecule has 4 N–H and O–H groups in total. The number of halogens is 1. The topological polar surface area (TPSA) is 103 Å². The minimum Gasteiger partial charge on any atom is -0.506 e. The van der Waals surface area contributed by atoms with Crippen LogP contribution in [-0.4, -0.2) is 65.1 Å². The Labute approximate surface area is 215 Å². The van der Waals surface area contributed by atoms with E-state index in [1.165, 1.54) is 6.07 Å². The lowest BCUT2D eigenvalue weighted by Crippen LogP contribution is -2.41. The third-order valence-electron chi connectivity index (χ3n) is 6.10. The molecule has 0 atom stereocenters. The Kier molecular flexibility index (Phi) is 9.64. The van der Waals surface area contributed by atoms with Crippen molar-refractivity contribution in [1.29, 1.82) is 0 Å². The zero-order chi connectivity index (χ0) is 26.3.